The molecule has 4 heteroatoms. The van der Waals surface area contributed by atoms with Crippen molar-refractivity contribution in [3.05, 3.63) is 23.8 Å². The van der Waals surface area contributed by atoms with E-state index >= 15 is 0 Å². The normalized spacial score (nSPS) is 22.1. The van der Waals surface area contributed by atoms with Gasteiger partial charge < -0.3 is 15.8 Å². The van der Waals surface area contributed by atoms with Crippen LogP contribution in [0.1, 0.15) is 49.9 Å². The van der Waals surface area contributed by atoms with E-state index in [2.05, 4.69) is 19.2 Å². The molecule has 2 rings (SSSR count). The number of carbonyl (C=O) groups excluding carboxylic acids is 1. The average Bonchev–Trinajstić information content (AvgIpc) is 2.48. The van der Waals surface area contributed by atoms with Gasteiger partial charge in [0.2, 0.25) is 0 Å². The number of methoxy groups -OCH3 is 1. The minimum absolute atomic E-state index is 0.356. The molecule has 1 aliphatic rings. The fourth-order valence-corrected chi connectivity index (χ4v) is 3.28. The van der Waals surface area contributed by atoms with E-state index in [1.165, 1.54) is 32.8 Å². The summed E-state index contributed by atoms with van der Waals surface area (Å²) in [7, 11) is 1.37. The van der Waals surface area contributed by atoms with Gasteiger partial charge in [0.15, 0.2) is 0 Å². The highest BCUT2D eigenvalue weighted by molar-refractivity contribution is 5.91. The molecule has 1 saturated carbocycles. The summed E-state index contributed by atoms with van der Waals surface area (Å²) in [4.78, 5) is 11.5. The van der Waals surface area contributed by atoms with Crippen molar-refractivity contribution in [1.82, 2.24) is 0 Å². The quantitative estimate of drug-likeness (QED) is 0.656. The van der Waals surface area contributed by atoms with Crippen LogP contribution in [0.2, 0.25) is 0 Å². The molecular formula is C17H26N2O2. The number of anilines is 2. The number of hydrogen-bond donors (Lipinski definition) is 2. The Balaban J connectivity index is 2.13. The Morgan fingerprint density at radius 1 is 1.33 bits per heavy atom. The van der Waals surface area contributed by atoms with Gasteiger partial charge in [-0.3, -0.25) is 0 Å². The second kappa shape index (κ2) is 6.83. The summed E-state index contributed by atoms with van der Waals surface area (Å²) in [5, 5.41) is 3.59. The number of nitrogen functional groups attached to an aromatic ring is 1. The molecule has 0 amide bonds. The van der Waals surface area contributed by atoms with Gasteiger partial charge in [0.1, 0.15) is 0 Å². The van der Waals surface area contributed by atoms with Crippen LogP contribution in [0, 0.1) is 11.8 Å². The van der Waals surface area contributed by atoms with Gasteiger partial charge >= 0.3 is 5.97 Å². The summed E-state index contributed by atoms with van der Waals surface area (Å²) in [5.41, 5.74) is 8.09. The number of hydrogen-bond acceptors (Lipinski definition) is 4. The molecule has 0 heterocycles. The zero-order chi connectivity index (χ0) is 15.4. The molecule has 2 atom stereocenters. The first-order chi connectivity index (χ1) is 10.0. The van der Waals surface area contributed by atoms with E-state index in [1.807, 2.05) is 6.07 Å². The summed E-state index contributed by atoms with van der Waals surface area (Å²) >= 11 is 0. The maximum atomic E-state index is 11.5. The minimum atomic E-state index is -0.356. The maximum absolute atomic E-state index is 11.5. The maximum Gasteiger partial charge on any atom is 0.337 e. The predicted molar refractivity (Wildman–Crippen MR) is 86.4 cm³/mol. The summed E-state index contributed by atoms with van der Waals surface area (Å²) in [5.74, 6) is 0.989. The number of esters is 1. The van der Waals surface area contributed by atoms with Crippen molar-refractivity contribution in [2.75, 3.05) is 18.2 Å². The zero-order valence-electron chi connectivity index (χ0n) is 13.2. The van der Waals surface area contributed by atoms with Crippen LogP contribution in [-0.4, -0.2) is 19.1 Å². The molecule has 1 fully saturated rings. The first-order valence-corrected chi connectivity index (χ1v) is 7.77. The molecule has 0 saturated heterocycles. The lowest BCUT2D eigenvalue weighted by molar-refractivity contribution is 0.0601. The van der Waals surface area contributed by atoms with Crippen LogP contribution in [0.15, 0.2) is 18.2 Å². The van der Waals surface area contributed by atoms with E-state index in [1.54, 1.807) is 12.1 Å². The predicted octanol–water partition coefficient (Wildman–Crippen LogP) is 3.68. The molecule has 4 nitrogen and oxygen atoms in total. The Hall–Kier alpha value is -1.71. The highest BCUT2D eigenvalue weighted by atomic mass is 16.5. The molecule has 0 bridgehead atoms. The molecule has 0 radical (unpaired) electrons. The molecule has 116 valence electrons. The lowest BCUT2D eigenvalue weighted by Gasteiger charge is -2.35. The van der Waals surface area contributed by atoms with Gasteiger partial charge in [-0.25, -0.2) is 4.79 Å². The van der Waals surface area contributed by atoms with Crippen molar-refractivity contribution in [1.29, 1.82) is 0 Å². The molecule has 1 aromatic rings. The van der Waals surface area contributed by atoms with Gasteiger partial charge in [0, 0.05) is 6.04 Å². The Labute approximate surface area is 127 Å². The standard InChI is InChI=1S/C17H26N2O2/c1-11(2)13-6-4-5-7-15(13)19-16-9-8-12(10-14(16)18)17(20)21-3/h8-11,13,15,19H,4-7,18H2,1-3H3. The monoisotopic (exact) mass is 290 g/mol. The van der Waals surface area contributed by atoms with E-state index in [9.17, 15) is 4.79 Å². The van der Waals surface area contributed by atoms with Gasteiger partial charge in [0.05, 0.1) is 24.0 Å². The Morgan fingerprint density at radius 2 is 2.05 bits per heavy atom. The molecule has 1 aliphatic carbocycles. The number of nitrogens with two attached hydrogens (primary N) is 1. The average molecular weight is 290 g/mol. The molecule has 2 unspecified atom stereocenters. The second-order valence-corrected chi connectivity index (χ2v) is 6.24. The van der Waals surface area contributed by atoms with Crippen molar-refractivity contribution in [3.63, 3.8) is 0 Å². The fraction of sp³-hybridized carbons (Fsp3) is 0.588. The van der Waals surface area contributed by atoms with E-state index in [-0.39, 0.29) is 5.97 Å². The summed E-state index contributed by atoms with van der Waals surface area (Å²) in [6, 6.07) is 5.79. The first kappa shape index (κ1) is 15.7. The Bertz CT molecular complexity index is 500. The van der Waals surface area contributed by atoms with E-state index in [4.69, 9.17) is 10.5 Å². The van der Waals surface area contributed by atoms with Crippen LogP contribution in [0.4, 0.5) is 11.4 Å². The smallest absolute Gasteiger partial charge is 0.337 e. The van der Waals surface area contributed by atoms with Crippen LogP contribution < -0.4 is 11.1 Å². The van der Waals surface area contributed by atoms with Crippen molar-refractivity contribution in [2.24, 2.45) is 11.8 Å². The number of nitrogens with one attached hydrogen (secondary N) is 1. The van der Waals surface area contributed by atoms with Gasteiger partial charge in [-0.2, -0.15) is 0 Å². The summed E-state index contributed by atoms with van der Waals surface area (Å²) in [6.45, 7) is 4.57. The highest BCUT2D eigenvalue weighted by Gasteiger charge is 2.27. The fourth-order valence-electron chi connectivity index (χ4n) is 3.28. The summed E-state index contributed by atoms with van der Waals surface area (Å²) in [6.07, 6.45) is 5.04. The lowest BCUT2D eigenvalue weighted by Crippen LogP contribution is -2.35. The van der Waals surface area contributed by atoms with Crippen LogP contribution in [-0.2, 0) is 4.74 Å². The van der Waals surface area contributed by atoms with E-state index < -0.39 is 0 Å². The van der Waals surface area contributed by atoms with Crippen molar-refractivity contribution in [3.8, 4) is 0 Å². The molecule has 21 heavy (non-hydrogen) atoms. The van der Waals surface area contributed by atoms with E-state index in [0.29, 0.717) is 29.1 Å². The van der Waals surface area contributed by atoms with E-state index in [0.717, 1.165) is 5.69 Å². The van der Waals surface area contributed by atoms with Crippen molar-refractivity contribution < 1.29 is 9.53 Å². The number of carbonyl (C=O) groups is 1. The SMILES string of the molecule is COC(=O)c1ccc(NC2CCCCC2C(C)C)c(N)c1. The van der Waals surface area contributed by atoms with Gasteiger partial charge in [-0.15, -0.1) is 0 Å². The van der Waals surface area contributed by atoms with Crippen LogP contribution in [0.3, 0.4) is 0 Å². The largest absolute Gasteiger partial charge is 0.465 e. The topological polar surface area (TPSA) is 64.3 Å². The second-order valence-electron chi connectivity index (χ2n) is 6.24. The van der Waals surface area contributed by atoms with Crippen LogP contribution in [0.25, 0.3) is 0 Å². The first-order valence-electron chi connectivity index (χ1n) is 7.77. The van der Waals surface area contributed by atoms with Crippen molar-refractivity contribution in [2.45, 2.75) is 45.6 Å². The third kappa shape index (κ3) is 3.69. The van der Waals surface area contributed by atoms with Crippen molar-refractivity contribution >= 4 is 17.3 Å². The molecule has 1 aromatic carbocycles. The zero-order valence-corrected chi connectivity index (χ0v) is 13.2. The third-order valence-electron chi connectivity index (χ3n) is 4.49. The van der Waals surface area contributed by atoms with Crippen LogP contribution >= 0.6 is 0 Å². The number of ether oxygens (including phenoxy) is 1. The molecule has 3 N–H and O–H groups in total. The number of benzene rings is 1. The van der Waals surface area contributed by atoms with Gasteiger partial charge in [-0.05, 0) is 42.9 Å². The van der Waals surface area contributed by atoms with Gasteiger partial charge in [0.25, 0.3) is 0 Å². The Morgan fingerprint density at radius 3 is 2.67 bits per heavy atom. The Kier molecular flexibility index (Phi) is 5.10. The third-order valence-corrected chi connectivity index (χ3v) is 4.49. The summed E-state index contributed by atoms with van der Waals surface area (Å²) < 4.78 is 4.71. The molecular weight excluding hydrogens is 264 g/mol. The molecule has 0 aromatic heterocycles. The highest BCUT2D eigenvalue weighted by Crippen LogP contribution is 2.33. The minimum Gasteiger partial charge on any atom is -0.465 e. The molecule has 0 spiro atoms. The van der Waals surface area contributed by atoms with Crippen LogP contribution in [0.5, 0.6) is 0 Å². The lowest BCUT2D eigenvalue weighted by atomic mass is 9.77. The van der Waals surface area contributed by atoms with Gasteiger partial charge in [-0.1, -0.05) is 26.7 Å². The molecule has 0 aliphatic heterocycles. The number of rotatable bonds is 4.